The Morgan fingerprint density at radius 1 is 0.963 bits per heavy atom. The van der Waals surface area contributed by atoms with Gasteiger partial charge in [-0.3, -0.25) is 9.59 Å². The molecule has 0 aliphatic heterocycles. The Bertz CT molecular complexity index is 749. The van der Waals surface area contributed by atoms with E-state index in [4.69, 9.17) is 0 Å². The number of halogens is 3. The topological polar surface area (TPSA) is 159 Å². The van der Waals surface area contributed by atoms with Crippen LogP contribution in [-0.2, 0) is 4.79 Å². The number of hydrogen-bond acceptors (Lipinski definition) is 7. The zero-order valence-electron chi connectivity index (χ0n) is 14.2. The summed E-state index contributed by atoms with van der Waals surface area (Å²) < 4.78 is 0.517. The van der Waals surface area contributed by atoms with Crippen molar-refractivity contribution in [3.05, 3.63) is 21.8 Å². The number of nitrogens with one attached hydrogen (secondary N) is 2. The van der Waals surface area contributed by atoms with Gasteiger partial charge in [0.2, 0.25) is 5.91 Å². The molecule has 27 heavy (non-hydrogen) atoms. The molecule has 0 spiro atoms. The van der Waals surface area contributed by atoms with Crippen molar-refractivity contribution in [3.8, 4) is 0 Å². The molecule has 13 heteroatoms. The summed E-state index contributed by atoms with van der Waals surface area (Å²) in [5, 5.41) is 44.4. The molecular formula is C14H14I3N2NaO7. The minimum Gasteiger partial charge on any atom is -0.545 e. The average Bonchev–Trinajstić information content (AvgIpc) is 2.56. The van der Waals surface area contributed by atoms with Crippen LogP contribution in [0.2, 0.25) is 0 Å². The molecule has 0 fully saturated rings. The fourth-order valence-electron chi connectivity index (χ4n) is 1.90. The van der Waals surface area contributed by atoms with Crippen LogP contribution in [0.5, 0.6) is 0 Å². The molecule has 144 valence electrons. The molecule has 2 amide bonds. The summed E-state index contributed by atoms with van der Waals surface area (Å²) in [6.45, 7) is -0.990. The van der Waals surface area contributed by atoms with Crippen LogP contribution >= 0.6 is 67.8 Å². The molecule has 9 nitrogen and oxygen atoms in total. The SMILES string of the molecule is CC(=O)Nc1c(I)c(C(=O)[O-])c(I)c(C(=O)NC(CO)(CO)CO)c1I.[Na+]. The Morgan fingerprint density at radius 3 is 1.78 bits per heavy atom. The van der Waals surface area contributed by atoms with Crippen molar-refractivity contribution in [1.82, 2.24) is 5.32 Å². The first-order valence-corrected chi connectivity index (χ1v) is 10.1. The van der Waals surface area contributed by atoms with Crippen molar-refractivity contribution < 1.29 is 64.4 Å². The fourth-order valence-corrected chi connectivity index (χ4v) is 6.27. The van der Waals surface area contributed by atoms with Gasteiger partial charge >= 0.3 is 29.6 Å². The Balaban J connectivity index is 0.00000676. The standard InChI is InChI=1S/C14H15I3N2O7.Na/c1-5(23)18-11-9(16)6(8(15)7(10(11)17)13(25)26)12(24)19-14(2-20,3-21)4-22;/h20-22H,2-4H2,1H3,(H,18,23)(H,19,24)(H,25,26);/q;+1/p-1. The number of carboxylic acid groups (broad SMARTS) is 1. The second kappa shape index (κ2) is 11.8. The van der Waals surface area contributed by atoms with Gasteiger partial charge in [-0.05, 0) is 67.8 Å². The van der Waals surface area contributed by atoms with Gasteiger partial charge in [-0.1, -0.05) is 0 Å². The summed E-state index contributed by atoms with van der Waals surface area (Å²) >= 11 is 5.19. The van der Waals surface area contributed by atoms with Crippen LogP contribution in [0.25, 0.3) is 0 Å². The normalized spacial score (nSPS) is 10.8. The number of benzene rings is 1. The van der Waals surface area contributed by atoms with E-state index in [1.807, 2.05) is 0 Å². The Hall–Kier alpha value is 0.700. The van der Waals surface area contributed by atoms with E-state index in [1.165, 1.54) is 6.92 Å². The van der Waals surface area contributed by atoms with E-state index in [0.29, 0.717) is 0 Å². The smallest absolute Gasteiger partial charge is 0.545 e. The van der Waals surface area contributed by atoms with Gasteiger partial charge in [-0.25, -0.2) is 0 Å². The van der Waals surface area contributed by atoms with Crippen LogP contribution in [0.4, 0.5) is 5.69 Å². The van der Waals surface area contributed by atoms with E-state index in [9.17, 15) is 34.8 Å². The van der Waals surface area contributed by atoms with Crippen LogP contribution in [0.15, 0.2) is 0 Å². The number of anilines is 1. The molecule has 0 aliphatic rings. The third-order valence-electron chi connectivity index (χ3n) is 3.34. The van der Waals surface area contributed by atoms with Crippen LogP contribution in [-0.4, -0.2) is 58.5 Å². The second-order valence-corrected chi connectivity index (χ2v) is 8.48. The van der Waals surface area contributed by atoms with E-state index in [2.05, 4.69) is 10.6 Å². The van der Waals surface area contributed by atoms with Crippen molar-refractivity contribution in [1.29, 1.82) is 0 Å². The number of carboxylic acids is 1. The molecule has 0 radical (unpaired) electrons. The molecular weight excluding hydrogens is 712 g/mol. The Morgan fingerprint density at radius 2 is 1.41 bits per heavy atom. The van der Waals surface area contributed by atoms with Crippen LogP contribution in [0, 0.1) is 10.7 Å². The van der Waals surface area contributed by atoms with Crippen LogP contribution in [0.3, 0.4) is 0 Å². The first-order valence-electron chi connectivity index (χ1n) is 6.89. The fraction of sp³-hybridized carbons (Fsp3) is 0.357. The zero-order chi connectivity index (χ0) is 20.2. The first-order chi connectivity index (χ1) is 12.0. The Kier molecular flexibility index (Phi) is 12.1. The number of carbonyl (C=O) groups is 3. The monoisotopic (exact) mass is 726 g/mol. The predicted octanol–water partition coefficient (Wildman–Crippen LogP) is -3.73. The van der Waals surface area contributed by atoms with E-state index in [0.717, 1.165) is 0 Å². The molecule has 0 saturated heterocycles. The maximum atomic E-state index is 12.7. The summed E-state index contributed by atoms with van der Waals surface area (Å²) in [7, 11) is 0. The van der Waals surface area contributed by atoms with Crippen molar-refractivity contribution in [2.75, 3.05) is 25.1 Å². The molecule has 0 aliphatic carbocycles. The number of carbonyl (C=O) groups excluding carboxylic acids is 3. The predicted molar refractivity (Wildman–Crippen MR) is 115 cm³/mol. The van der Waals surface area contributed by atoms with Gasteiger partial charge in [-0.2, -0.15) is 0 Å². The molecule has 5 N–H and O–H groups in total. The summed E-state index contributed by atoms with van der Waals surface area (Å²) in [6, 6.07) is 0. The van der Waals surface area contributed by atoms with Gasteiger partial charge in [0.05, 0.1) is 40.6 Å². The number of aliphatic hydroxyl groups excluding tert-OH is 3. The number of amides is 2. The van der Waals surface area contributed by atoms with Crippen molar-refractivity contribution in [3.63, 3.8) is 0 Å². The first kappa shape index (κ1) is 27.7. The molecule has 1 aromatic rings. The van der Waals surface area contributed by atoms with Crippen molar-refractivity contribution >= 4 is 91.2 Å². The molecule has 1 aromatic carbocycles. The van der Waals surface area contributed by atoms with E-state index >= 15 is 0 Å². The van der Waals surface area contributed by atoms with Gasteiger partial charge in [-0.15, -0.1) is 0 Å². The van der Waals surface area contributed by atoms with Crippen LogP contribution < -0.4 is 45.3 Å². The molecule has 0 aromatic heterocycles. The summed E-state index contributed by atoms with van der Waals surface area (Å²) in [6.07, 6.45) is 0. The van der Waals surface area contributed by atoms with Gasteiger partial charge < -0.3 is 35.9 Å². The second-order valence-electron chi connectivity index (χ2n) is 5.24. The minimum atomic E-state index is -1.69. The van der Waals surface area contributed by atoms with Crippen LogP contribution in [0.1, 0.15) is 27.6 Å². The van der Waals surface area contributed by atoms with Gasteiger partial charge in [0.1, 0.15) is 5.54 Å². The van der Waals surface area contributed by atoms with Gasteiger partial charge in [0, 0.05) is 19.6 Å². The zero-order valence-corrected chi connectivity index (χ0v) is 22.7. The third kappa shape index (κ3) is 6.34. The molecule has 0 atom stereocenters. The Labute approximate surface area is 217 Å². The number of hydrogen-bond donors (Lipinski definition) is 5. The summed E-state index contributed by atoms with van der Waals surface area (Å²) in [4.78, 5) is 35.7. The average molecular weight is 726 g/mol. The minimum absolute atomic E-state index is 0. The molecule has 0 unspecified atom stereocenters. The van der Waals surface area contributed by atoms with Gasteiger partial charge in [0.15, 0.2) is 0 Å². The number of rotatable bonds is 7. The molecule has 0 saturated carbocycles. The maximum Gasteiger partial charge on any atom is 1.00 e. The quantitative estimate of drug-likeness (QED) is 0.143. The number of aliphatic hydroxyl groups is 3. The largest absolute Gasteiger partial charge is 1.00 e. The van der Waals surface area contributed by atoms with Crippen molar-refractivity contribution in [2.45, 2.75) is 12.5 Å². The summed E-state index contributed by atoms with van der Waals surface area (Å²) in [5.41, 5.74) is -1.93. The number of aromatic carboxylic acids is 1. The molecule has 0 heterocycles. The maximum absolute atomic E-state index is 12.7. The van der Waals surface area contributed by atoms with E-state index in [-0.39, 0.29) is 57.1 Å². The summed E-state index contributed by atoms with van der Waals surface area (Å²) in [5.74, 6) is -2.83. The van der Waals surface area contributed by atoms with Gasteiger partial charge in [0.25, 0.3) is 5.91 Å². The van der Waals surface area contributed by atoms with Crippen molar-refractivity contribution in [2.24, 2.45) is 0 Å². The third-order valence-corrected chi connectivity index (χ3v) is 6.57. The molecule has 0 bridgehead atoms. The van der Waals surface area contributed by atoms with E-state index < -0.39 is 43.1 Å². The van der Waals surface area contributed by atoms with E-state index in [1.54, 1.807) is 67.8 Å². The molecule has 1 rings (SSSR count).